The predicted octanol–water partition coefficient (Wildman–Crippen LogP) is 5.58. The standard InChI is InChI=1S/C39H34N8O21S3/c1-65-27-17-31(70(59,60)61)30(66-2)16-24(27)41-42-25-14-29(68-10-8-49)26(15-28(25)67-9-7-48)43-44-33-32(71(62,63)64)12-18-11-19(3-5-21(18)36(33)50)47-37(51)34(35(46-47)39(54)55)45-40-23-6-4-20(69(56,57)58)13-22(23)38(52)53/h3-6,11-17,48-51H,7-10H2,1-2H3,(H,52,53)(H,54,55)(H,56,57,58)(H,59,60,61)(H,62,63,64)/b42-41+,44-43+,45-40+. The van der Waals surface area contributed by atoms with Crippen molar-refractivity contribution >= 4 is 87.2 Å². The Morgan fingerprint density at radius 3 is 1.65 bits per heavy atom. The van der Waals surface area contributed by atoms with E-state index in [9.17, 15) is 79.1 Å². The van der Waals surface area contributed by atoms with Gasteiger partial charge in [-0.1, -0.05) is 0 Å². The molecule has 0 radical (unpaired) electrons. The summed E-state index contributed by atoms with van der Waals surface area (Å²) in [4.78, 5) is 21.5. The minimum atomic E-state index is -5.30. The van der Waals surface area contributed by atoms with Crippen LogP contribution in [0.15, 0.2) is 112 Å². The van der Waals surface area contributed by atoms with Crippen molar-refractivity contribution in [1.29, 1.82) is 0 Å². The molecule has 32 heteroatoms. The highest BCUT2D eigenvalue weighted by Crippen LogP contribution is 2.46. The maximum atomic E-state index is 12.8. The molecule has 0 unspecified atom stereocenters. The summed E-state index contributed by atoms with van der Waals surface area (Å²) >= 11 is 0. The fourth-order valence-electron chi connectivity index (χ4n) is 6.20. The van der Waals surface area contributed by atoms with E-state index in [1.165, 1.54) is 7.11 Å². The first kappa shape index (κ1) is 52.1. The number of aromatic carboxylic acids is 2. The van der Waals surface area contributed by atoms with Gasteiger partial charge in [0.15, 0.2) is 11.4 Å². The van der Waals surface area contributed by atoms with Crippen LogP contribution in [-0.2, 0) is 30.4 Å². The zero-order valence-corrected chi connectivity index (χ0v) is 38.4. The summed E-state index contributed by atoms with van der Waals surface area (Å²) in [5.41, 5.74) is -4.76. The molecule has 0 bridgehead atoms. The molecule has 0 amide bonds. The van der Waals surface area contributed by atoms with Gasteiger partial charge in [0.2, 0.25) is 11.6 Å². The number of aliphatic hydroxyl groups is 2. The zero-order chi connectivity index (χ0) is 52.2. The quantitative estimate of drug-likeness (QED) is 0.0333. The molecule has 1 heterocycles. The number of aliphatic hydroxyl groups excluding tert-OH is 2. The number of fused-ring (bicyclic) bond motifs is 1. The Morgan fingerprint density at radius 2 is 1.13 bits per heavy atom. The van der Waals surface area contributed by atoms with Crippen LogP contribution in [0.1, 0.15) is 20.8 Å². The summed E-state index contributed by atoms with van der Waals surface area (Å²) in [6, 6.07) is 10.6. The van der Waals surface area contributed by atoms with Crippen molar-refractivity contribution in [2.45, 2.75) is 14.7 Å². The number of hydrogen-bond acceptors (Lipinski definition) is 23. The molecule has 0 saturated heterocycles. The van der Waals surface area contributed by atoms with Gasteiger partial charge >= 0.3 is 11.9 Å². The molecule has 374 valence electrons. The van der Waals surface area contributed by atoms with Crippen LogP contribution in [0, 0.1) is 0 Å². The Bertz CT molecular complexity index is 3560. The molecule has 9 N–H and O–H groups in total. The molecule has 5 aromatic carbocycles. The van der Waals surface area contributed by atoms with Crippen molar-refractivity contribution in [3.8, 4) is 40.3 Å². The van der Waals surface area contributed by atoms with Crippen molar-refractivity contribution in [2.75, 3.05) is 40.6 Å². The second-order valence-corrected chi connectivity index (χ2v) is 18.0. The monoisotopic (exact) mass is 1050 g/mol. The second-order valence-electron chi connectivity index (χ2n) is 13.8. The Labute approximate surface area is 398 Å². The molecule has 29 nitrogen and oxygen atoms in total. The first-order valence-corrected chi connectivity index (χ1v) is 23.6. The Kier molecular flexibility index (Phi) is 15.3. The summed E-state index contributed by atoms with van der Waals surface area (Å²) in [5, 5.41) is 87.9. The van der Waals surface area contributed by atoms with Gasteiger partial charge in [-0.05, 0) is 47.9 Å². The first-order valence-electron chi connectivity index (χ1n) is 19.2. The number of carboxylic acid groups (broad SMARTS) is 2. The van der Waals surface area contributed by atoms with Crippen LogP contribution in [0.3, 0.4) is 0 Å². The molecule has 6 rings (SSSR count). The van der Waals surface area contributed by atoms with Crippen molar-refractivity contribution in [3.63, 3.8) is 0 Å². The third-order valence-electron chi connectivity index (χ3n) is 9.35. The molecule has 6 aromatic rings. The van der Waals surface area contributed by atoms with E-state index >= 15 is 0 Å². The fraction of sp³-hybridized carbons (Fsp3) is 0.154. The van der Waals surface area contributed by atoms with Gasteiger partial charge in [0, 0.05) is 29.7 Å². The summed E-state index contributed by atoms with van der Waals surface area (Å²) in [6.07, 6.45) is 0. The number of phenolic OH excluding ortho intramolecular Hbond substituents is 1. The summed E-state index contributed by atoms with van der Waals surface area (Å²) in [6.45, 7) is -1.79. The van der Waals surface area contributed by atoms with Crippen LogP contribution in [0.2, 0.25) is 0 Å². The number of hydrogen-bond donors (Lipinski definition) is 9. The Morgan fingerprint density at radius 1 is 0.592 bits per heavy atom. The molecule has 0 aliphatic heterocycles. The normalized spacial score (nSPS) is 12.3. The van der Waals surface area contributed by atoms with Gasteiger partial charge in [0.25, 0.3) is 30.4 Å². The van der Waals surface area contributed by atoms with Gasteiger partial charge in [0.05, 0.1) is 43.6 Å². The van der Waals surface area contributed by atoms with Crippen molar-refractivity contribution < 1.29 is 98.1 Å². The van der Waals surface area contributed by atoms with Crippen LogP contribution in [0.4, 0.5) is 34.1 Å². The van der Waals surface area contributed by atoms with Crippen LogP contribution in [-0.4, -0.2) is 132 Å². The van der Waals surface area contributed by atoms with Crippen molar-refractivity contribution in [3.05, 3.63) is 78.0 Å². The third kappa shape index (κ3) is 11.5. The van der Waals surface area contributed by atoms with E-state index in [0.29, 0.717) is 10.7 Å². The van der Waals surface area contributed by atoms with Gasteiger partial charge in [-0.3, -0.25) is 13.7 Å². The number of benzene rings is 5. The molecule has 0 fully saturated rings. The minimum Gasteiger partial charge on any atom is -0.505 e. The number of aromatic nitrogens is 2. The smallest absolute Gasteiger partial charge is 0.358 e. The van der Waals surface area contributed by atoms with Gasteiger partial charge in [-0.25, -0.2) is 9.59 Å². The van der Waals surface area contributed by atoms with E-state index in [4.69, 9.17) is 18.9 Å². The highest BCUT2D eigenvalue weighted by Gasteiger charge is 2.27. The number of nitrogens with zero attached hydrogens (tertiary/aromatic N) is 8. The summed E-state index contributed by atoms with van der Waals surface area (Å²) in [5.74, 6) is -6.37. The van der Waals surface area contributed by atoms with E-state index in [-0.39, 0.29) is 69.7 Å². The maximum absolute atomic E-state index is 12.8. The predicted molar refractivity (Wildman–Crippen MR) is 238 cm³/mol. The summed E-state index contributed by atoms with van der Waals surface area (Å²) < 4.78 is 124. The fourth-order valence-corrected chi connectivity index (χ4v) is 8.02. The average Bonchev–Trinajstić information content (AvgIpc) is 3.65. The molecule has 71 heavy (non-hydrogen) atoms. The van der Waals surface area contributed by atoms with Crippen LogP contribution >= 0.6 is 0 Å². The van der Waals surface area contributed by atoms with Gasteiger partial charge < -0.3 is 49.6 Å². The molecule has 0 atom stereocenters. The number of ether oxygens (including phenoxy) is 4. The SMILES string of the molecule is COc1cc(S(=O)(=O)O)c(OC)cc1/N=N/c1cc(OCCO)c(/N=N/c2c(S(=O)(=O)O)cc3cc(-n4nc(C(=O)O)c(/N=N/c5ccc(S(=O)(=O)O)cc5C(=O)O)c4O)ccc3c2O)cc1OCCO. The van der Waals surface area contributed by atoms with Crippen molar-refractivity contribution in [2.24, 2.45) is 30.7 Å². The van der Waals surface area contributed by atoms with E-state index in [2.05, 4.69) is 35.8 Å². The van der Waals surface area contributed by atoms with Crippen molar-refractivity contribution in [1.82, 2.24) is 9.78 Å². The van der Waals surface area contributed by atoms with E-state index in [0.717, 1.165) is 67.8 Å². The number of phenols is 1. The molecule has 0 aliphatic carbocycles. The van der Waals surface area contributed by atoms with Gasteiger partial charge in [-0.15, -0.1) is 30.7 Å². The molecular weight excluding hydrogens is 1010 g/mol. The molecule has 0 saturated carbocycles. The Balaban J connectivity index is 1.44. The van der Waals surface area contributed by atoms with Gasteiger partial charge in [-0.2, -0.15) is 35.0 Å². The average molecular weight is 1050 g/mol. The largest absolute Gasteiger partial charge is 0.505 e. The molecule has 1 aromatic heterocycles. The lowest BCUT2D eigenvalue weighted by atomic mass is 10.1. The lowest BCUT2D eigenvalue weighted by Gasteiger charge is -2.13. The van der Waals surface area contributed by atoms with Crippen LogP contribution in [0.25, 0.3) is 16.5 Å². The minimum absolute atomic E-state index is 0.120. The number of azo groups is 3. The number of carboxylic acids is 2. The first-order chi connectivity index (χ1) is 33.4. The lowest BCUT2D eigenvalue weighted by molar-refractivity contribution is 0.0682. The molecular formula is C39H34N8O21S3. The Hall–Kier alpha value is -8.24. The number of carbonyl (C=O) groups is 2. The van der Waals surface area contributed by atoms with E-state index in [1.807, 2.05) is 0 Å². The van der Waals surface area contributed by atoms with E-state index in [1.54, 1.807) is 0 Å². The highest BCUT2D eigenvalue weighted by molar-refractivity contribution is 7.86. The number of aromatic hydroxyl groups is 2. The van der Waals surface area contributed by atoms with Gasteiger partial charge in [0.1, 0.15) is 74.4 Å². The number of methoxy groups -OCH3 is 2. The maximum Gasteiger partial charge on any atom is 0.358 e. The summed E-state index contributed by atoms with van der Waals surface area (Å²) in [7, 11) is -12.6. The highest BCUT2D eigenvalue weighted by atomic mass is 32.2. The zero-order valence-electron chi connectivity index (χ0n) is 35.9. The third-order valence-corrected chi connectivity index (χ3v) is 11.9. The molecule has 0 aliphatic rings. The lowest BCUT2D eigenvalue weighted by Crippen LogP contribution is -2.04. The van der Waals surface area contributed by atoms with Crippen LogP contribution in [0.5, 0.6) is 34.6 Å². The topological polar surface area (TPSA) is 448 Å². The van der Waals surface area contributed by atoms with Crippen LogP contribution < -0.4 is 18.9 Å². The molecule has 0 spiro atoms. The second kappa shape index (κ2) is 20.8. The number of rotatable bonds is 20. The van der Waals surface area contributed by atoms with E-state index < -0.39 is 110 Å².